The normalized spacial score (nSPS) is 26.3. The van der Waals surface area contributed by atoms with E-state index in [1.807, 2.05) is 0 Å². The molecule has 0 spiro atoms. The van der Waals surface area contributed by atoms with E-state index in [1.165, 1.54) is 11.8 Å². The third kappa shape index (κ3) is 1.37. The standard InChI is InChI=1S/C9H10N2O2S/c12-8(13)9(2-1-5-14-9)7-6-10-3-4-11-7/h3-4,6H,1-2,5H2,(H,12,13). The van der Waals surface area contributed by atoms with Crippen LogP contribution in [0.2, 0.25) is 0 Å². The summed E-state index contributed by atoms with van der Waals surface area (Å²) < 4.78 is -0.853. The van der Waals surface area contributed by atoms with Gasteiger partial charge >= 0.3 is 5.97 Å². The van der Waals surface area contributed by atoms with Crippen molar-refractivity contribution in [1.29, 1.82) is 0 Å². The molecule has 2 rings (SSSR count). The lowest BCUT2D eigenvalue weighted by atomic mass is 10.00. The minimum Gasteiger partial charge on any atom is -0.480 e. The lowest BCUT2D eigenvalue weighted by molar-refractivity contribution is -0.140. The molecule has 4 nitrogen and oxygen atoms in total. The molecule has 1 aromatic rings. The van der Waals surface area contributed by atoms with E-state index in [-0.39, 0.29) is 0 Å². The Bertz CT molecular complexity index is 336. The van der Waals surface area contributed by atoms with Crippen molar-refractivity contribution in [2.75, 3.05) is 5.75 Å². The highest BCUT2D eigenvalue weighted by Crippen LogP contribution is 2.45. The topological polar surface area (TPSA) is 63.1 Å². The summed E-state index contributed by atoms with van der Waals surface area (Å²) in [5.41, 5.74) is 0.565. The fraction of sp³-hybridized carbons (Fsp3) is 0.444. The Labute approximate surface area is 85.8 Å². The molecule has 74 valence electrons. The van der Waals surface area contributed by atoms with Gasteiger partial charge in [-0.2, -0.15) is 0 Å². The second-order valence-electron chi connectivity index (χ2n) is 3.17. The maximum Gasteiger partial charge on any atom is 0.326 e. The van der Waals surface area contributed by atoms with Gasteiger partial charge in [-0.3, -0.25) is 14.8 Å². The number of rotatable bonds is 2. The summed E-state index contributed by atoms with van der Waals surface area (Å²) in [4.78, 5) is 19.2. The van der Waals surface area contributed by atoms with Gasteiger partial charge < -0.3 is 5.11 Å². The number of hydrogen-bond acceptors (Lipinski definition) is 4. The van der Waals surface area contributed by atoms with Gasteiger partial charge in [-0.25, -0.2) is 0 Å². The first kappa shape index (κ1) is 9.45. The molecule has 0 bridgehead atoms. The van der Waals surface area contributed by atoms with Gasteiger partial charge in [0.2, 0.25) is 0 Å². The predicted octanol–water partition coefficient (Wildman–Crippen LogP) is 1.28. The van der Waals surface area contributed by atoms with Crippen molar-refractivity contribution in [1.82, 2.24) is 9.97 Å². The van der Waals surface area contributed by atoms with E-state index in [1.54, 1.807) is 18.6 Å². The van der Waals surface area contributed by atoms with Crippen LogP contribution in [0.25, 0.3) is 0 Å². The average Bonchev–Trinajstić information content (AvgIpc) is 2.69. The molecular weight excluding hydrogens is 200 g/mol. The summed E-state index contributed by atoms with van der Waals surface area (Å²) in [7, 11) is 0. The summed E-state index contributed by atoms with van der Waals surface area (Å²) in [6.45, 7) is 0. The van der Waals surface area contributed by atoms with E-state index < -0.39 is 10.7 Å². The van der Waals surface area contributed by atoms with Crippen molar-refractivity contribution >= 4 is 17.7 Å². The summed E-state index contributed by atoms with van der Waals surface area (Å²) >= 11 is 1.45. The number of carboxylic acid groups (broad SMARTS) is 1. The molecule has 1 saturated heterocycles. The highest BCUT2D eigenvalue weighted by atomic mass is 32.2. The molecule has 1 aliphatic rings. The first-order chi connectivity index (χ1) is 6.76. The Morgan fingerprint density at radius 1 is 1.57 bits per heavy atom. The molecule has 1 fully saturated rings. The second kappa shape index (κ2) is 3.57. The Hall–Kier alpha value is -1.10. The Morgan fingerprint density at radius 3 is 2.93 bits per heavy atom. The van der Waals surface area contributed by atoms with Crippen LogP contribution in [0.4, 0.5) is 0 Å². The Kier molecular flexibility index (Phi) is 2.41. The van der Waals surface area contributed by atoms with Crippen LogP contribution in [0.15, 0.2) is 18.6 Å². The molecule has 5 heteroatoms. The van der Waals surface area contributed by atoms with Crippen molar-refractivity contribution in [2.24, 2.45) is 0 Å². The van der Waals surface area contributed by atoms with E-state index >= 15 is 0 Å². The zero-order valence-electron chi connectivity index (χ0n) is 7.51. The third-order valence-electron chi connectivity index (χ3n) is 2.34. The number of aromatic nitrogens is 2. The van der Waals surface area contributed by atoms with Crippen LogP contribution in [-0.2, 0) is 9.54 Å². The Balaban J connectivity index is 2.42. The molecule has 2 heterocycles. The largest absolute Gasteiger partial charge is 0.480 e. The van der Waals surface area contributed by atoms with Crippen LogP contribution < -0.4 is 0 Å². The van der Waals surface area contributed by atoms with Crippen LogP contribution in [-0.4, -0.2) is 26.8 Å². The summed E-state index contributed by atoms with van der Waals surface area (Å²) in [5, 5.41) is 9.23. The smallest absolute Gasteiger partial charge is 0.326 e. The summed E-state index contributed by atoms with van der Waals surface area (Å²) in [6.07, 6.45) is 6.21. The number of carbonyl (C=O) groups is 1. The van der Waals surface area contributed by atoms with Gasteiger partial charge in [0.15, 0.2) is 4.75 Å². The molecule has 14 heavy (non-hydrogen) atoms. The summed E-state index contributed by atoms with van der Waals surface area (Å²) in [5.74, 6) is 0.0728. The number of nitrogens with zero attached hydrogens (tertiary/aromatic N) is 2. The zero-order chi connectivity index (χ0) is 10.0. The molecule has 1 aliphatic heterocycles. The molecule has 1 unspecified atom stereocenters. The van der Waals surface area contributed by atoms with E-state index in [4.69, 9.17) is 0 Å². The average molecular weight is 210 g/mol. The molecule has 0 saturated carbocycles. The number of aliphatic carboxylic acids is 1. The minimum atomic E-state index is -0.853. The molecule has 1 aromatic heterocycles. The number of thioether (sulfide) groups is 1. The van der Waals surface area contributed by atoms with Crippen LogP contribution in [0.3, 0.4) is 0 Å². The maximum atomic E-state index is 11.2. The van der Waals surface area contributed by atoms with E-state index in [9.17, 15) is 9.90 Å². The van der Waals surface area contributed by atoms with Crippen LogP contribution >= 0.6 is 11.8 Å². The summed E-state index contributed by atoms with van der Waals surface area (Å²) in [6, 6.07) is 0. The van der Waals surface area contributed by atoms with Crippen molar-refractivity contribution in [2.45, 2.75) is 17.6 Å². The van der Waals surface area contributed by atoms with Gasteiger partial charge in [0, 0.05) is 12.4 Å². The van der Waals surface area contributed by atoms with Crippen molar-refractivity contribution < 1.29 is 9.90 Å². The lowest BCUT2D eigenvalue weighted by Gasteiger charge is -2.21. The first-order valence-electron chi connectivity index (χ1n) is 4.39. The van der Waals surface area contributed by atoms with Crippen molar-refractivity contribution in [3.8, 4) is 0 Å². The lowest BCUT2D eigenvalue weighted by Crippen LogP contribution is -2.30. The van der Waals surface area contributed by atoms with Gasteiger partial charge in [0.05, 0.1) is 11.9 Å². The molecule has 0 aliphatic carbocycles. The third-order valence-corrected chi connectivity index (χ3v) is 3.92. The van der Waals surface area contributed by atoms with Gasteiger partial charge in [-0.15, -0.1) is 11.8 Å². The fourth-order valence-electron chi connectivity index (χ4n) is 1.63. The predicted molar refractivity (Wildman–Crippen MR) is 53.0 cm³/mol. The monoisotopic (exact) mass is 210 g/mol. The SMILES string of the molecule is O=C(O)C1(c2cnccn2)CCCS1. The van der Waals surface area contributed by atoms with Gasteiger partial charge in [0.25, 0.3) is 0 Å². The van der Waals surface area contributed by atoms with Gasteiger partial charge in [-0.1, -0.05) is 0 Å². The van der Waals surface area contributed by atoms with Gasteiger partial charge in [0.1, 0.15) is 0 Å². The number of hydrogen-bond donors (Lipinski definition) is 1. The first-order valence-corrected chi connectivity index (χ1v) is 5.38. The van der Waals surface area contributed by atoms with E-state index in [0.29, 0.717) is 12.1 Å². The molecule has 0 aromatic carbocycles. The van der Waals surface area contributed by atoms with Crippen molar-refractivity contribution in [3.63, 3.8) is 0 Å². The molecular formula is C9H10N2O2S. The van der Waals surface area contributed by atoms with Crippen molar-refractivity contribution in [3.05, 3.63) is 24.3 Å². The van der Waals surface area contributed by atoms with Gasteiger partial charge in [-0.05, 0) is 18.6 Å². The molecule has 1 N–H and O–H groups in total. The maximum absolute atomic E-state index is 11.2. The van der Waals surface area contributed by atoms with E-state index in [0.717, 1.165) is 12.2 Å². The second-order valence-corrected chi connectivity index (χ2v) is 4.57. The molecule has 0 radical (unpaired) electrons. The van der Waals surface area contributed by atoms with Crippen LogP contribution in [0, 0.1) is 0 Å². The highest BCUT2D eigenvalue weighted by Gasteiger charge is 2.45. The quantitative estimate of drug-likeness (QED) is 0.796. The fourth-order valence-corrected chi connectivity index (χ4v) is 2.93. The van der Waals surface area contributed by atoms with Crippen LogP contribution in [0.5, 0.6) is 0 Å². The molecule has 1 atom stereocenters. The number of carboxylic acids is 1. The Morgan fingerprint density at radius 2 is 2.43 bits per heavy atom. The zero-order valence-corrected chi connectivity index (χ0v) is 8.33. The minimum absolute atomic E-state index is 0.565. The molecule has 0 amide bonds. The van der Waals surface area contributed by atoms with Crippen LogP contribution in [0.1, 0.15) is 18.5 Å². The highest BCUT2D eigenvalue weighted by molar-refractivity contribution is 8.01. The van der Waals surface area contributed by atoms with E-state index in [2.05, 4.69) is 9.97 Å².